The van der Waals surface area contributed by atoms with Crippen LogP contribution in [0.5, 0.6) is 0 Å². The van der Waals surface area contributed by atoms with E-state index in [0.29, 0.717) is 11.6 Å². The SMILES string of the molecule is CCN1CCN(Cc2ccc(CNC(=O)C(C)NC(=O)c3cccc(Cl)c3Cl)cc2)CC1. The van der Waals surface area contributed by atoms with Crippen molar-refractivity contribution in [2.45, 2.75) is 33.0 Å². The molecule has 1 heterocycles. The molecule has 1 fully saturated rings. The Hall–Kier alpha value is -2.12. The van der Waals surface area contributed by atoms with Crippen molar-refractivity contribution in [1.29, 1.82) is 0 Å². The van der Waals surface area contributed by atoms with E-state index in [2.05, 4.69) is 39.5 Å². The van der Waals surface area contributed by atoms with Gasteiger partial charge in [0.2, 0.25) is 5.91 Å². The molecular weight excluding hydrogens is 447 g/mol. The standard InChI is InChI=1S/C24H30Cl2N4O2/c1-3-29-11-13-30(14-12-29)16-19-9-7-18(8-10-19)15-27-23(31)17(2)28-24(32)20-5-4-6-21(25)22(20)26/h4-10,17H,3,11-16H2,1-2H3,(H,27,31)(H,28,32). The summed E-state index contributed by atoms with van der Waals surface area (Å²) >= 11 is 12.0. The molecule has 0 radical (unpaired) electrons. The number of hydrogen-bond donors (Lipinski definition) is 2. The summed E-state index contributed by atoms with van der Waals surface area (Å²) in [5.74, 6) is -0.710. The molecule has 1 saturated heterocycles. The molecular formula is C24H30Cl2N4O2. The minimum Gasteiger partial charge on any atom is -0.350 e. The Morgan fingerprint density at radius 2 is 1.59 bits per heavy atom. The molecule has 8 heteroatoms. The Kier molecular flexibility index (Phi) is 8.93. The molecule has 2 amide bonds. The molecule has 0 spiro atoms. The molecule has 0 aliphatic carbocycles. The predicted octanol–water partition coefficient (Wildman–Crippen LogP) is 3.57. The van der Waals surface area contributed by atoms with Gasteiger partial charge in [-0.1, -0.05) is 60.5 Å². The first-order valence-electron chi connectivity index (χ1n) is 10.9. The number of rotatable bonds is 8. The number of hydrogen-bond acceptors (Lipinski definition) is 4. The molecule has 1 aliphatic rings. The molecule has 3 rings (SSSR count). The molecule has 0 saturated carbocycles. The number of carbonyl (C=O) groups excluding carboxylic acids is 2. The molecule has 1 atom stereocenters. The van der Waals surface area contributed by atoms with Crippen molar-refractivity contribution < 1.29 is 9.59 Å². The molecule has 2 N–H and O–H groups in total. The van der Waals surface area contributed by atoms with Crippen molar-refractivity contribution in [2.24, 2.45) is 0 Å². The molecule has 0 aromatic heterocycles. The summed E-state index contributed by atoms with van der Waals surface area (Å²) in [6.45, 7) is 10.7. The van der Waals surface area contributed by atoms with Crippen molar-refractivity contribution in [3.05, 3.63) is 69.2 Å². The lowest BCUT2D eigenvalue weighted by Crippen LogP contribution is -2.45. The first-order chi connectivity index (χ1) is 15.4. The van der Waals surface area contributed by atoms with Crippen molar-refractivity contribution in [3.63, 3.8) is 0 Å². The van der Waals surface area contributed by atoms with Gasteiger partial charge in [-0.05, 0) is 36.7 Å². The van der Waals surface area contributed by atoms with E-state index in [9.17, 15) is 9.59 Å². The van der Waals surface area contributed by atoms with Crippen LogP contribution in [0.2, 0.25) is 10.0 Å². The second kappa shape index (κ2) is 11.7. The van der Waals surface area contributed by atoms with E-state index in [1.807, 2.05) is 12.1 Å². The van der Waals surface area contributed by atoms with Gasteiger partial charge in [0.1, 0.15) is 6.04 Å². The van der Waals surface area contributed by atoms with Crippen LogP contribution in [-0.4, -0.2) is 60.4 Å². The average molecular weight is 477 g/mol. The van der Waals surface area contributed by atoms with Gasteiger partial charge in [0.15, 0.2) is 0 Å². The number of amides is 2. The number of halogens is 2. The molecule has 6 nitrogen and oxygen atoms in total. The maximum absolute atomic E-state index is 12.4. The van der Waals surface area contributed by atoms with E-state index in [1.165, 1.54) is 5.56 Å². The normalized spacial score (nSPS) is 15.9. The van der Waals surface area contributed by atoms with Crippen molar-refractivity contribution in [1.82, 2.24) is 20.4 Å². The topological polar surface area (TPSA) is 64.7 Å². The lowest BCUT2D eigenvalue weighted by molar-refractivity contribution is -0.122. The highest BCUT2D eigenvalue weighted by Crippen LogP contribution is 2.25. The fourth-order valence-corrected chi connectivity index (χ4v) is 4.03. The van der Waals surface area contributed by atoms with Crippen molar-refractivity contribution in [2.75, 3.05) is 32.7 Å². The summed E-state index contributed by atoms with van der Waals surface area (Å²) in [6.07, 6.45) is 0. The van der Waals surface area contributed by atoms with Gasteiger partial charge in [-0.15, -0.1) is 0 Å². The van der Waals surface area contributed by atoms with E-state index in [0.717, 1.165) is 44.8 Å². The van der Waals surface area contributed by atoms with Crippen LogP contribution in [0.15, 0.2) is 42.5 Å². The molecule has 0 bridgehead atoms. The van der Waals surface area contributed by atoms with Gasteiger partial charge in [-0.2, -0.15) is 0 Å². The third-order valence-electron chi connectivity index (χ3n) is 5.75. The van der Waals surface area contributed by atoms with Crippen molar-refractivity contribution in [3.8, 4) is 0 Å². The largest absolute Gasteiger partial charge is 0.350 e. The quantitative estimate of drug-likeness (QED) is 0.611. The van der Waals surface area contributed by atoms with E-state index in [1.54, 1.807) is 25.1 Å². The fraction of sp³-hybridized carbons (Fsp3) is 0.417. The third-order valence-corrected chi connectivity index (χ3v) is 6.56. The zero-order valence-electron chi connectivity index (χ0n) is 18.5. The summed E-state index contributed by atoms with van der Waals surface area (Å²) < 4.78 is 0. The highest BCUT2D eigenvalue weighted by molar-refractivity contribution is 6.43. The molecule has 1 aliphatic heterocycles. The number of nitrogens with one attached hydrogen (secondary N) is 2. The van der Waals surface area contributed by atoms with Crippen LogP contribution in [0.1, 0.15) is 35.3 Å². The summed E-state index contributed by atoms with van der Waals surface area (Å²) in [5, 5.41) is 5.99. The molecule has 32 heavy (non-hydrogen) atoms. The number of piperazine rings is 1. The van der Waals surface area contributed by atoms with Crippen LogP contribution in [0.4, 0.5) is 0 Å². The Labute approximate surface area is 199 Å². The van der Waals surface area contributed by atoms with Gasteiger partial charge in [0, 0.05) is 39.3 Å². The molecule has 2 aromatic carbocycles. The van der Waals surface area contributed by atoms with Crippen LogP contribution < -0.4 is 10.6 Å². The van der Waals surface area contributed by atoms with E-state index in [-0.39, 0.29) is 16.5 Å². The average Bonchev–Trinajstić information content (AvgIpc) is 2.80. The number of likely N-dealkylation sites (N-methyl/N-ethyl adjacent to an activating group) is 1. The summed E-state index contributed by atoms with van der Waals surface area (Å²) in [5.41, 5.74) is 2.52. The maximum Gasteiger partial charge on any atom is 0.253 e. The zero-order valence-corrected chi connectivity index (χ0v) is 20.0. The van der Waals surface area contributed by atoms with Crippen LogP contribution in [-0.2, 0) is 17.9 Å². The van der Waals surface area contributed by atoms with E-state index >= 15 is 0 Å². The lowest BCUT2D eigenvalue weighted by Gasteiger charge is -2.34. The monoisotopic (exact) mass is 476 g/mol. The van der Waals surface area contributed by atoms with Crippen LogP contribution >= 0.6 is 23.2 Å². The summed E-state index contributed by atoms with van der Waals surface area (Å²) in [6, 6.07) is 12.4. The van der Waals surface area contributed by atoms with Gasteiger partial charge in [0.05, 0.1) is 15.6 Å². The predicted molar refractivity (Wildman–Crippen MR) is 129 cm³/mol. The fourth-order valence-electron chi connectivity index (χ4n) is 3.65. The second-order valence-electron chi connectivity index (χ2n) is 8.04. The van der Waals surface area contributed by atoms with Crippen molar-refractivity contribution >= 4 is 35.0 Å². The van der Waals surface area contributed by atoms with Gasteiger partial charge in [-0.3, -0.25) is 14.5 Å². The Bertz CT molecular complexity index is 928. The third kappa shape index (κ3) is 6.69. The number of benzene rings is 2. The molecule has 172 valence electrons. The molecule has 1 unspecified atom stereocenters. The van der Waals surface area contributed by atoms with Crippen LogP contribution in [0.3, 0.4) is 0 Å². The lowest BCUT2D eigenvalue weighted by atomic mass is 10.1. The van der Waals surface area contributed by atoms with E-state index in [4.69, 9.17) is 23.2 Å². The van der Waals surface area contributed by atoms with Gasteiger partial charge >= 0.3 is 0 Å². The summed E-state index contributed by atoms with van der Waals surface area (Å²) in [4.78, 5) is 29.8. The summed E-state index contributed by atoms with van der Waals surface area (Å²) in [7, 11) is 0. The maximum atomic E-state index is 12.4. The Morgan fingerprint density at radius 3 is 2.25 bits per heavy atom. The Balaban J connectivity index is 1.45. The second-order valence-corrected chi connectivity index (χ2v) is 8.83. The van der Waals surface area contributed by atoms with Gasteiger partial charge < -0.3 is 15.5 Å². The molecule has 2 aromatic rings. The van der Waals surface area contributed by atoms with E-state index < -0.39 is 11.9 Å². The smallest absolute Gasteiger partial charge is 0.253 e. The number of carbonyl (C=O) groups is 2. The minimum absolute atomic E-state index is 0.173. The first kappa shape index (κ1) is 24.5. The Morgan fingerprint density at radius 1 is 0.969 bits per heavy atom. The first-order valence-corrected chi connectivity index (χ1v) is 11.7. The van der Waals surface area contributed by atoms with Gasteiger partial charge in [-0.25, -0.2) is 0 Å². The van der Waals surface area contributed by atoms with Gasteiger partial charge in [0.25, 0.3) is 5.91 Å². The highest BCUT2D eigenvalue weighted by atomic mass is 35.5. The number of nitrogens with zero attached hydrogens (tertiary/aromatic N) is 2. The van der Waals surface area contributed by atoms with Crippen LogP contribution in [0, 0.1) is 0 Å². The van der Waals surface area contributed by atoms with Crippen LogP contribution in [0.25, 0.3) is 0 Å². The minimum atomic E-state index is -0.710. The zero-order chi connectivity index (χ0) is 23.1. The highest BCUT2D eigenvalue weighted by Gasteiger charge is 2.19.